The van der Waals surface area contributed by atoms with E-state index in [1.165, 1.54) is 27.9 Å². The Balaban J connectivity index is 1.65. The second-order valence-electron chi connectivity index (χ2n) is 9.61. The number of carbonyl (C=O) groups excluding carboxylic acids is 1. The van der Waals surface area contributed by atoms with Crippen molar-refractivity contribution in [1.82, 2.24) is 14.8 Å². The molecule has 2 aromatic carbocycles. The van der Waals surface area contributed by atoms with Crippen LogP contribution >= 0.6 is 0 Å². The highest BCUT2D eigenvalue weighted by Crippen LogP contribution is 2.38. The van der Waals surface area contributed by atoms with Crippen LogP contribution in [-0.2, 0) is 19.8 Å². The van der Waals surface area contributed by atoms with Gasteiger partial charge in [-0.05, 0) is 62.7 Å². The summed E-state index contributed by atoms with van der Waals surface area (Å²) >= 11 is 0. The average Bonchev–Trinajstić information content (AvgIpc) is 3.32. The molecule has 2 aromatic heterocycles. The molecule has 0 atom stereocenters. The number of carboxylic acids is 1. The lowest BCUT2D eigenvalue weighted by Crippen LogP contribution is -2.38. The van der Waals surface area contributed by atoms with Gasteiger partial charge in [-0.25, -0.2) is 9.78 Å². The van der Waals surface area contributed by atoms with Crippen molar-refractivity contribution in [3.8, 4) is 11.6 Å². The van der Waals surface area contributed by atoms with E-state index in [9.17, 15) is 27.9 Å². The van der Waals surface area contributed by atoms with Crippen LogP contribution in [-0.4, -0.2) is 37.8 Å². The van der Waals surface area contributed by atoms with Crippen LogP contribution in [0, 0.1) is 6.92 Å². The number of anilines is 2. The summed E-state index contributed by atoms with van der Waals surface area (Å²) in [6.07, 6.45) is -2.01. The summed E-state index contributed by atoms with van der Waals surface area (Å²) in [5.74, 6) is -2.11. The molecule has 0 aliphatic rings. The van der Waals surface area contributed by atoms with Gasteiger partial charge in [0.2, 0.25) is 5.88 Å². The Bertz CT molecular complexity index is 1570. The Morgan fingerprint density at radius 3 is 2.39 bits per heavy atom. The molecule has 214 valence electrons. The SMILES string of the molecule is Cc1ccc(C(=O)N(c2ccc(Oc3ncc(CNc4ccnn4C)cc3C(F)(F)F)cc2C(=O)O)C(C)C)cc1. The maximum atomic E-state index is 14.0. The molecule has 0 saturated carbocycles. The molecule has 9 nitrogen and oxygen atoms in total. The molecule has 2 N–H and O–H groups in total. The van der Waals surface area contributed by atoms with Crippen LogP contribution in [0.25, 0.3) is 0 Å². The van der Waals surface area contributed by atoms with Gasteiger partial charge in [0.25, 0.3) is 5.91 Å². The number of ether oxygens (including phenoxy) is 1. The highest BCUT2D eigenvalue weighted by Gasteiger charge is 2.36. The molecule has 0 spiro atoms. The molecule has 0 saturated heterocycles. The third kappa shape index (κ3) is 6.65. The molecule has 4 aromatic rings. The molecule has 0 bridgehead atoms. The second-order valence-corrected chi connectivity index (χ2v) is 9.61. The molecule has 0 radical (unpaired) electrons. The fourth-order valence-electron chi connectivity index (χ4n) is 4.15. The second kappa shape index (κ2) is 11.7. The molecular formula is C29H28F3N5O4. The standard InChI is InChI=1S/C29H28F3N5O4/c1-17(2)37(27(38)20-7-5-18(3)6-8-20)24-10-9-21(14-22(24)28(39)40)41-26-23(29(30,31)32)13-19(16-34-26)15-33-25-11-12-35-36(25)4/h5-14,16-17,33H,15H2,1-4H3,(H,39,40). The van der Waals surface area contributed by atoms with Gasteiger partial charge in [-0.1, -0.05) is 17.7 Å². The van der Waals surface area contributed by atoms with E-state index >= 15 is 0 Å². The minimum absolute atomic E-state index is 0.0494. The van der Waals surface area contributed by atoms with Gasteiger partial charge in [0.1, 0.15) is 17.1 Å². The van der Waals surface area contributed by atoms with Crippen molar-refractivity contribution < 1.29 is 32.6 Å². The molecule has 41 heavy (non-hydrogen) atoms. The average molecular weight is 568 g/mol. The Labute approximate surface area is 234 Å². The van der Waals surface area contributed by atoms with Gasteiger partial charge >= 0.3 is 12.1 Å². The van der Waals surface area contributed by atoms with Crippen molar-refractivity contribution in [2.75, 3.05) is 10.2 Å². The zero-order chi connectivity index (χ0) is 29.9. The molecule has 12 heteroatoms. The van der Waals surface area contributed by atoms with Crippen LogP contribution in [0.2, 0.25) is 0 Å². The van der Waals surface area contributed by atoms with E-state index in [1.54, 1.807) is 57.4 Å². The van der Waals surface area contributed by atoms with E-state index in [1.807, 2.05) is 6.92 Å². The number of nitrogens with one attached hydrogen (secondary N) is 1. The summed E-state index contributed by atoms with van der Waals surface area (Å²) in [4.78, 5) is 30.8. The predicted molar refractivity (Wildman–Crippen MR) is 146 cm³/mol. The molecule has 0 aliphatic heterocycles. The first-order chi connectivity index (χ1) is 19.3. The van der Waals surface area contributed by atoms with Crippen LogP contribution in [0.3, 0.4) is 0 Å². The number of aromatic carboxylic acids is 1. The van der Waals surface area contributed by atoms with Crippen molar-refractivity contribution in [1.29, 1.82) is 0 Å². The number of carboxylic acid groups (broad SMARTS) is 1. The summed E-state index contributed by atoms with van der Waals surface area (Å²) in [5, 5.41) is 16.9. The first kappa shape index (κ1) is 29.1. The molecule has 1 amide bonds. The van der Waals surface area contributed by atoms with Crippen molar-refractivity contribution in [2.24, 2.45) is 7.05 Å². The van der Waals surface area contributed by atoms with Gasteiger partial charge in [0.05, 0.1) is 17.4 Å². The third-order valence-corrected chi connectivity index (χ3v) is 6.21. The number of hydrogen-bond acceptors (Lipinski definition) is 6. The van der Waals surface area contributed by atoms with Crippen LogP contribution in [0.15, 0.2) is 67.0 Å². The number of alkyl halides is 3. The Morgan fingerprint density at radius 1 is 1.10 bits per heavy atom. The van der Waals surface area contributed by atoms with Crippen LogP contribution < -0.4 is 15.0 Å². The van der Waals surface area contributed by atoms with Gasteiger partial charge in [0, 0.05) is 37.5 Å². The smallest absolute Gasteiger partial charge is 0.421 e. The maximum absolute atomic E-state index is 14.0. The maximum Gasteiger partial charge on any atom is 0.421 e. The summed E-state index contributed by atoms with van der Waals surface area (Å²) in [6.45, 7) is 5.38. The molecule has 4 rings (SSSR count). The summed E-state index contributed by atoms with van der Waals surface area (Å²) in [6, 6.07) is 12.7. The molecule has 0 aliphatic carbocycles. The Morgan fingerprint density at radius 2 is 1.80 bits per heavy atom. The van der Waals surface area contributed by atoms with Crippen LogP contribution in [0.5, 0.6) is 11.6 Å². The number of rotatable bonds is 9. The fraction of sp³-hybridized carbons (Fsp3) is 0.241. The molecule has 0 fully saturated rings. The lowest BCUT2D eigenvalue weighted by molar-refractivity contribution is -0.138. The van der Waals surface area contributed by atoms with Crippen molar-refractivity contribution >= 4 is 23.4 Å². The number of aryl methyl sites for hydroxylation is 2. The van der Waals surface area contributed by atoms with E-state index in [-0.39, 0.29) is 29.1 Å². The van der Waals surface area contributed by atoms with Gasteiger partial charge in [-0.3, -0.25) is 9.48 Å². The van der Waals surface area contributed by atoms with Gasteiger partial charge in [-0.2, -0.15) is 18.3 Å². The number of carbonyl (C=O) groups is 2. The normalized spacial score (nSPS) is 11.4. The van der Waals surface area contributed by atoms with Gasteiger partial charge < -0.3 is 20.1 Å². The van der Waals surface area contributed by atoms with E-state index in [4.69, 9.17) is 4.74 Å². The minimum atomic E-state index is -4.80. The number of benzene rings is 2. The first-order valence-corrected chi connectivity index (χ1v) is 12.6. The number of pyridine rings is 1. The Hall–Kier alpha value is -4.87. The number of hydrogen-bond donors (Lipinski definition) is 2. The highest BCUT2D eigenvalue weighted by molar-refractivity contribution is 6.09. The third-order valence-electron chi connectivity index (χ3n) is 6.21. The van der Waals surface area contributed by atoms with E-state index in [0.29, 0.717) is 11.4 Å². The number of nitrogens with zero attached hydrogens (tertiary/aromatic N) is 4. The summed E-state index contributed by atoms with van der Waals surface area (Å²) in [5.41, 5.74) is 0.192. The largest absolute Gasteiger partial charge is 0.478 e. The monoisotopic (exact) mass is 567 g/mol. The lowest BCUT2D eigenvalue weighted by atomic mass is 10.1. The van der Waals surface area contributed by atoms with Gasteiger partial charge in [0.15, 0.2) is 0 Å². The minimum Gasteiger partial charge on any atom is -0.478 e. The van der Waals surface area contributed by atoms with Crippen LogP contribution in [0.1, 0.15) is 51.3 Å². The van der Waals surface area contributed by atoms with Crippen LogP contribution in [0.4, 0.5) is 24.7 Å². The molecule has 0 unspecified atom stereocenters. The molecule has 2 heterocycles. The van der Waals surface area contributed by atoms with Crippen molar-refractivity contribution in [2.45, 2.75) is 39.5 Å². The Kier molecular flexibility index (Phi) is 8.31. The number of amides is 1. The fourth-order valence-corrected chi connectivity index (χ4v) is 4.15. The first-order valence-electron chi connectivity index (χ1n) is 12.6. The van der Waals surface area contributed by atoms with Crippen molar-refractivity contribution in [3.63, 3.8) is 0 Å². The van der Waals surface area contributed by atoms with E-state index in [0.717, 1.165) is 17.7 Å². The summed E-state index contributed by atoms with van der Waals surface area (Å²) in [7, 11) is 1.69. The lowest BCUT2D eigenvalue weighted by Gasteiger charge is -2.28. The molecular weight excluding hydrogens is 539 g/mol. The zero-order valence-electron chi connectivity index (χ0n) is 22.7. The van der Waals surface area contributed by atoms with E-state index in [2.05, 4.69) is 15.4 Å². The summed E-state index contributed by atoms with van der Waals surface area (Å²) < 4.78 is 48.9. The highest BCUT2D eigenvalue weighted by atomic mass is 19.4. The van der Waals surface area contributed by atoms with Crippen molar-refractivity contribution in [3.05, 3.63) is 94.8 Å². The number of aromatic nitrogens is 3. The zero-order valence-corrected chi connectivity index (χ0v) is 22.7. The van der Waals surface area contributed by atoms with E-state index < -0.39 is 35.5 Å². The number of halogens is 3. The topological polar surface area (TPSA) is 110 Å². The predicted octanol–water partition coefficient (Wildman–Crippen LogP) is 6.30. The quantitative estimate of drug-likeness (QED) is 0.244. The van der Waals surface area contributed by atoms with Gasteiger partial charge in [-0.15, -0.1) is 0 Å².